The van der Waals surface area contributed by atoms with Crippen LogP contribution in [0.15, 0.2) is 120 Å². The van der Waals surface area contributed by atoms with Gasteiger partial charge in [0.1, 0.15) is 0 Å². The summed E-state index contributed by atoms with van der Waals surface area (Å²) in [6.07, 6.45) is 2.73. The van der Waals surface area contributed by atoms with E-state index in [1.807, 2.05) is 12.1 Å². The summed E-state index contributed by atoms with van der Waals surface area (Å²) in [5.41, 5.74) is 0.419. The highest BCUT2D eigenvalue weighted by Gasteiger charge is 2.59. The Hall–Kier alpha value is -6.56. The molecule has 0 saturated carbocycles. The summed E-state index contributed by atoms with van der Waals surface area (Å²) >= 11 is 0. The van der Waals surface area contributed by atoms with Crippen molar-refractivity contribution < 1.29 is 36.2 Å². The minimum atomic E-state index is -5.71. The van der Waals surface area contributed by atoms with Crippen molar-refractivity contribution in [3.8, 4) is 0 Å². The zero-order valence-electron chi connectivity index (χ0n) is 32.2. The average molecular weight is 859 g/mol. The molecule has 1 aliphatic rings. The van der Waals surface area contributed by atoms with Crippen molar-refractivity contribution in [2.75, 3.05) is 71.5 Å². The topological polar surface area (TPSA) is 281 Å². The lowest BCUT2D eigenvalue weighted by molar-refractivity contribution is 0.303. The van der Waals surface area contributed by atoms with Crippen LogP contribution in [0.4, 0.5) is 47.1 Å². The molecule has 0 saturated heterocycles. The molecule has 8 N–H and O–H groups in total. The lowest BCUT2D eigenvalue weighted by Gasteiger charge is -2.33. The fourth-order valence-electron chi connectivity index (χ4n) is 5.99. The van der Waals surface area contributed by atoms with Gasteiger partial charge in [0.25, 0.3) is 24.3 Å². The number of anilines is 8. The van der Waals surface area contributed by atoms with Crippen LogP contribution in [0.5, 0.6) is 0 Å². The number of hydrogen-bond acceptors (Lipinski definition) is 18. The third-order valence-electron chi connectivity index (χ3n) is 8.95. The summed E-state index contributed by atoms with van der Waals surface area (Å²) in [6, 6.07) is 26.1. The second-order valence-electron chi connectivity index (χ2n) is 13.1. The Kier molecular flexibility index (Phi) is 13.3. The Morgan fingerprint density at radius 1 is 0.617 bits per heavy atom. The molecular formula is C38H42N12O8S2. The van der Waals surface area contributed by atoms with Gasteiger partial charge in [-0.05, 0) is 24.3 Å². The van der Waals surface area contributed by atoms with Crippen molar-refractivity contribution in [1.29, 1.82) is 0 Å². The van der Waals surface area contributed by atoms with E-state index < -0.39 is 36.3 Å². The first kappa shape index (κ1) is 43.0. The average Bonchev–Trinajstić information content (AvgIpc) is 3.22. The SMILES string of the molecule is CN(CCO)c1nc(NC(C2=CC=CCC2(S(=O)(=O)O)S(=O)(=O)O)=C(Nc2nc(Nc3ccccc3)nc(N(C)CCO)n2)c2ccccc2)nc(Nc2ccccc2)n1. The van der Waals surface area contributed by atoms with E-state index in [0.29, 0.717) is 16.9 Å². The van der Waals surface area contributed by atoms with Gasteiger partial charge in [-0.25, -0.2) is 0 Å². The number of nitrogens with zero attached hydrogens (tertiary/aromatic N) is 8. The predicted octanol–water partition coefficient (Wildman–Crippen LogP) is 3.65. The number of aromatic nitrogens is 6. The number of allylic oxidation sites excluding steroid dienone is 4. The highest BCUT2D eigenvalue weighted by molar-refractivity contribution is 8.05. The molecule has 2 aromatic heterocycles. The molecule has 6 rings (SSSR count). The van der Waals surface area contributed by atoms with Crippen LogP contribution in [0.2, 0.25) is 0 Å². The van der Waals surface area contributed by atoms with Crippen molar-refractivity contribution in [3.63, 3.8) is 0 Å². The summed E-state index contributed by atoms with van der Waals surface area (Å²) in [4.78, 5) is 30.3. The molecule has 0 radical (unpaired) electrons. The molecule has 0 amide bonds. The van der Waals surface area contributed by atoms with E-state index >= 15 is 0 Å². The Morgan fingerprint density at radius 2 is 1.03 bits per heavy atom. The van der Waals surface area contributed by atoms with E-state index in [1.54, 1.807) is 97.9 Å². The van der Waals surface area contributed by atoms with Gasteiger partial charge in [-0.2, -0.15) is 46.7 Å². The fourth-order valence-corrected chi connectivity index (χ4v) is 8.56. The van der Waals surface area contributed by atoms with Gasteiger partial charge >= 0.3 is 0 Å². The molecule has 2 heterocycles. The minimum Gasteiger partial charge on any atom is -0.395 e. The molecule has 5 aromatic rings. The van der Waals surface area contributed by atoms with Crippen molar-refractivity contribution in [1.82, 2.24) is 29.9 Å². The zero-order valence-corrected chi connectivity index (χ0v) is 33.9. The zero-order chi connectivity index (χ0) is 42.9. The number of para-hydroxylation sites is 2. The Labute approximate surface area is 346 Å². The predicted molar refractivity (Wildman–Crippen MR) is 228 cm³/mol. The third-order valence-corrected chi connectivity index (χ3v) is 12.6. The summed E-state index contributed by atoms with van der Waals surface area (Å²) in [7, 11) is -8.16. The van der Waals surface area contributed by atoms with E-state index in [1.165, 1.54) is 17.1 Å². The summed E-state index contributed by atoms with van der Waals surface area (Å²) in [5.74, 6) is -0.246. The number of likely N-dealkylation sites (N-methyl/N-ethyl adjacent to an activating group) is 2. The van der Waals surface area contributed by atoms with Crippen molar-refractivity contribution in [3.05, 3.63) is 126 Å². The Balaban J connectivity index is 1.65. The van der Waals surface area contributed by atoms with Gasteiger partial charge in [-0.3, -0.25) is 9.11 Å². The van der Waals surface area contributed by atoms with Crippen LogP contribution in [0.1, 0.15) is 12.0 Å². The molecule has 0 bridgehead atoms. The number of aliphatic hydroxyl groups is 2. The monoisotopic (exact) mass is 858 g/mol. The number of aliphatic hydroxyl groups excluding tert-OH is 2. The van der Waals surface area contributed by atoms with Gasteiger partial charge in [0, 0.05) is 56.1 Å². The first-order valence-corrected chi connectivity index (χ1v) is 21.1. The summed E-state index contributed by atoms with van der Waals surface area (Å²) < 4.78 is 72.0. The molecule has 0 spiro atoms. The molecule has 1 aliphatic carbocycles. The van der Waals surface area contributed by atoms with Crippen LogP contribution >= 0.6 is 0 Å². The molecular weight excluding hydrogens is 817 g/mol. The maximum Gasteiger partial charge on any atom is 0.292 e. The van der Waals surface area contributed by atoms with E-state index in [2.05, 4.69) is 51.2 Å². The summed E-state index contributed by atoms with van der Waals surface area (Å²) in [6.45, 7) is -0.303. The molecule has 20 nitrogen and oxygen atoms in total. The standard InChI is InChI=1S/C38H42N12O8S2/c1-49(22-24-51)36-45-32(39-27-16-8-4-9-17-27)43-34(47-36)41-30(26-14-6-3-7-15-26)31(29-20-12-13-21-38(29,59(53,54)55)60(56,57)58)42-35-44-33(40-28-18-10-5-11-19-28)46-37(48-35)50(2)23-25-52/h3-20,51-52H,21-25H2,1-2H3,(H,53,54,55)(H,56,57,58)(H2,39,41,43,45,47)(H2,40,42,44,46,48). The van der Waals surface area contributed by atoms with Crippen LogP contribution in [-0.2, 0) is 20.2 Å². The van der Waals surface area contributed by atoms with Gasteiger partial charge in [0.2, 0.25) is 35.7 Å². The van der Waals surface area contributed by atoms with E-state index in [-0.39, 0.29) is 73.4 Å². The molecule has 0 atom stereocenters. The number of hydrogen-bond donors (Lipinski definition) is 8. The number of nitrogens with one attached hydrogen (secondary N) is 4. The fraction of sp³-hybridized carbons (Fsp3) is 0.211. The second kappa shape index (κ2) is 18.6. The number of benzene rings is 3. The molecule has 0 unspecified atom stereocenters. The van der Waals surface area contributed by atoms with Gasteiger partial charge < -0.3 is 41.3 Å². The highest BCUT2D eigenvalue weighted by atomic mass is 32.3. The maximum absolute atomic E-state index is 13.4. The Morgan fingerprint density at radius 3 is 1.47 bits per heavy atom. The van der Waals surface area contributed by atoms with Crippen LogP contribution in [0, 0.1) is 0 Å². The van der Waals surface area contributed by atoms with E-state index in [9.17, 15) is 36.2 Å². The molecule has 0 fully saturated rings. The Bertz CT molecular complexity index is 2570. The molecule has 3 aromatic carbocycles. The third kappa shape index (κ3) is 9.82. The van der Waals surface area contributed by atoms with Crippen molar-refractivity contribution >= 4 is 73.0 Å². The normalized spacial score (nSPS) is 14.1. The first-order valence-electron chi connectivity index (χ1n) is 18.2. The van der Waals surface area contributed by atoms with E-state index in [0.717, 1.165) is 6.08 Å². The molecule has 314 valence electrons. The lowest BCUT2D eigenvalue weighted by Crippen LogP contribution is -2.49. The molecule has 0 aliphatic heterocycles. The van der Waals surface area contributed by atoms with Gasteiger partial charge in [0.05, 0.1) is 24.6 Å². The van der Waals surface area contributed by atoms with Crippen molar-refractivity contribution in [2.45, 2.75) is 10.5 Å². The number of rotatable bonds is 18. The van der Waals surface area contributed by atoms with Crippen molar-refractivity contribution in [2.24, 2.45) is 0 Å². The maximum atomic E-state index is 13.4. The lowest BCUT2D eigenvalue weighted by atomic mass is 9.96. The second-order valence-corrected chi connectivity index (χ2v) is 16.7. The van der Waals surface area contributed by atoms with E-state index in [4.69, 9.17) is 0 Å². The minimum absolute atomic E-state index is 0.00828. The molecule has 60 heavy (non-hydrogen) atoms. The van der Waals surface area contributed by atoms with Gasteiger partial charge in [0.15, 0.2) is 0 Å². The smallest absolute Gasteiger partial charge is 0.292 e. The highest BCUT2D eigenvalue weighted by Crippen LogP contribution is 2.44. The summed E-state index contributed by atoms with van der Waals surface area (Å²) in [5, 5.41) is 31.8. The van der Waals surface area contributed by atoms with Crippen LogP contribution in [-0.4, -0.2) is 111 Å². The quantitative estimate of drug-likeness (QED) is 0.0584. The van der Waals surface area contributed by atoms with Crippen LogP contribution in [0.25, 0.3) is 5.70 Å². The van der Waals surface area contributed by atoms with Gasteiger partial charge in [-0.1, -0.05) is 85.0 Å². The largest absolute Gasteiger partial charge is 0.395 e. The first-order chi connectivity index (χ1) is 28.7. The van der Waals surface area contributed by atoms with Crippen LogP contribution in [0.3, 0.4) is 0 Å². The molecule has 22 heteroatoms. The van der Waals surface area contributed by atoms with Gasteiger partial charge in [-0.15, -0.1) is 0 Å². The van der Waals surface area contributed by atoms with Crippen LogP contribution < -0.4 is 31.1 Å².